The monoisotopic (exact) mass is 838 g/mol. The molecule has 0 aliphatic heterocycles. The van der Waals surface area contributed by atoms with Crippen molar-refractivity contribution in [3.63, 3.8) is 0 Å². The maximum atomic E-state index is 13.3. The molecule has 0 aliphatic carbocycles. The van der Waals surface area contributed by atoms with Gasteiger partial charge in [-0.1, -0.05) is 62.2 Å². The predicted molar refractivity (Wildman–Crippen MR) is 198 cm³/mol. The molecule has 0 radical (unpaired) electrons. The molecule has 2 aromatic heterocycles. The molecular formula is C36H22Br2F2N2O6S2. The third kappa shape index (κ3) is 8.76. The van der Waals surface area contributed by atoms with Crippen LogP contribution in [0.5, 0.6) is 0 Å². The fourth-order valence-electron chi connectivity index (χ4n) is 4.59. The minimum Gasteiger partial charge on any atom is -0.478 e. The standard InChI is InChI=1S/2C18H11BrFNO3S/c19-12-5-1-10(2-6-12)14-9-25-17(15(14)18(23)24)21-16(22)11-3-7-13(20)8-4-11;19-12-6-4-10(5-7-12)14-9-25-17(15(14)18(23)24)21-16(22)11-2-1-3-13(20)8-11/h2*1-9H,(H,21,22)(H,23,24). The van der Waals surface area contributed by atoms with Crippen molar-refractivity contribution in [2.24, 2.45) is 0 Å². The van der Waals surface area contributed by atoms with Gasteiger partial charge < -0.3 is 20.8 Å². The molecule has 2 amide bonds. The predicted octanol–water partition coefficient (Wildman–Crippen LogP) is 10.5. The van der Waals surface area contributed by atoms with Gasteiger partial charge in [0, 0.05) is 42.0 Å². The zero-order valence-corrected chi connectivity index (χ0v) is 30.1. The summed E-state index contributed by atoms with van der Waals surface area (Å²) >= 11 is 8.91. The summed E-state index contributed by atoms with van der Waals surface area (Å²) in [5.74, 6) is -4.32. The van der Waals surface area contributed by atoms with E-state index in [4.69, 9.17) is 0 Å². The number of carbonyl (C=O) groups excluding carboxylic acids is 2. The molecule has 0 atom stereocenters. The Morgan fingerprint density at radius 2 is 1.00 bits per heavy atom. The van der Waals surface area contributed by atoms with Crippen molar-refractivity contribution in [1.29, 1.82) is 0 Å². The van der Waals surface area contributed by atoms with Gasteiger partial charge in [-0.15, -0.1) is 22.7 Å². The average molecular weight is 841 g/mol. The molecule has 0 aliphatic rings. The molecule has 0 bridgehead atoms. The average Bonchev–Trinajstić information content (AvgIpc) is 3.71. The van der Waals surface area contributed by atoms with Crippen molar-refractivity contribution in [3.8, 4) is 22.3 Å². The van der Waals surface area contributed by atoms with Gasteiger partial charge in [0.2, 0.25) is 0 Å². The summed E-state index contributed by atoms with van der Waals surface area (Å²) in [5, 5.41) is 28.1. The van der Waals surface area contributed by atoms with Crippen LogP contribution in [0.1, 0.15) is 41.4 Å². The Morgan fingerprint density at radius 1 is 0.560 bits per heavy atom. The van der Waals surface area contributed by atoms with Crippen LogP contribution in [0.25, 0.3) is 22.3 Å². The fraction of sp³-hybridized carbons (Fsp3) is 0. The van der Waals surface area contributed by atoms with E-state index in [2.05, 4.69) is 42.5 Å². The number of carboxylic acids is 2. The van der Waals surface area contributed by atoms with Crippen molar-refractivity contribution in [2.75, 3.05) is 10.6 Å². The van der Waals surface area contributed by atoms with E-state index < -0.39 is 35.4 Å². The van der Waals surface area contributed by atoms with E-state index in [1.165, 1.54) is 42.5 Å². The van der Waals surface area contributed by atoms with Gasteiger partial charge in [-0.3, -0.25) is 9.59 Å². The number of nitrogens with one attached hydrogen (secondary N) is 2. The van der Waals surface area contributed by atoms with E-state index in [9.17, 15) is 38.2 Å². The zero-order chi connectivity index (χ0) is 35.9. The lowest BCUT2D eigenvalue weighted by Gasteiger charge is -2.06. The first-order valence-corrected chi connectivity index (χ1v) is 17.6. The van der Waals surface area contributed by atoms with Gasteiger partial charge in [-0.2, -0.15) is 0 Å². The second kappa shape index (κ2) is 16.1. The molecule has 0 saturated heterocycles. The van der Waals surface area contributed by atoms with Gasteiger partial charge in [-0.05, 0) is 77.9 Å². The highest BCUT2D eigenvalue weighted by molar-refractivity contribution is 9.10. The first kappa shape index (κ1) is 36.3. The largest absolute Gasteiger partial charge is 0.478 e. The molecule has 8 nitrogen and oxygen atoms in total. The van der Waals surface area contributed by atoms with Gasteiger partial charge >= 0.3 is 11.9 Å². The minimum atomic E-state index is -1.14. The lowest BCUT2D eigenvalue weighted by Crippen LogP contribution is -2.13. The van der Waals surface area contributed by atoms with Gasteiger partial charge in [0.25, 0.3) is 11.8 Å². The normalized spacial score (nSPS) is 10.5. The van der Waals surface area contributed by atoms with E-state index in [0.29, 0.717) is 11.1 Å². The third-order valence-electron chi connectivity index (χ3n) is 6.97. The first-order valence-electron chi connectivity index (χ1n) is 14.3. The summed E-state index contributed by atoms with van der Waals surface area (Å²) in [6, 6.07) is 24.7. The molecule has 252 valence electrons. The highest BCUT2D eigenvalue weighted by atomic mass is 79.9. The van der Waals surface area contributed by atoms with Crippen LogP contribution in [0.4, 0.5) is 18.8 Å². The number of hydrogen-bond acceptors (Lipinski definition) is 6. The summed E-state index contributed by atoms with van der Waals surface area (Å²) in [5.41, 5.74) is 2.91. The van der Waals surface area contributed by atoms with Crippen LogP contribution >= 0.6 is 54.5 Å². The maximum Gasteiger partial charge on any atom is 0.339 e. The summed E-state index contributed by atoms with van der Waals surface area (Å²) in [6.45, 7) is 0. The lowest BCUT2D eigenvalue weighted by molar-refractivity contribution is 0.0688. The summed E-state index contributed by atoms with van der Waals surface area (Å²) in [4.78, 5) is 47.9. The van der Waals surface area contributed by atoms with Crippen LogP contribution in [0, 0.1) is 11.6 Å². The van der Waals surface area contributed by atoms with Crippen molar-refractivity contribution >= 4 is 88.3 Å². The molecule has 6 rings (SSSR count). The number of carbonyl (C=O) groups is 4. The van der Waals surface area contributed by atoms with E-state index >= 15 is 0 Å². The van der Waals surface area contributed by atoms with Crippen molar-refractivity contribution in [3.05, 3.63) is 151 Å². The summed E-state index contributed by atoms with van der Waals surface area (Å²) in [6.07, 6.45) is 0. The molecule has 0 unspecified atom stereocenters. The highest BCUT2D eigenvalue weighted by Gasteiger charge is 2.23. The van der Waals surface area contributed by atoms with Crippen molar-refractivity contribution < 1.29 is 38.2 Å². The second-order valence-electron chi connectivity index (χ2n) is 10.3. The number of rotatable bonds is 8. The number of anilines is 2. The number of halogens is 4. The SMILES string of the molecule is O=C(Nc1scc(-c2ccc(Br)cc2)c1C(=O)O)c1ccc(F)cc1.O=C(Nc1scc(-c2ccc(Br)cc2)c1C(=O)O)c1cccc(F)c1. The van der Waals surface area contributed by atoms with Gasteiger partial charge in [-0.25, -0.2) is 18.4 Å². The van der Waals surface area contributed by atoms with Crippen LogP contribution in [0.3, 0.4) is 0 Å². The second-order valence-corrected chi connectivity index (χ2v) is 13.8. The molecule has 0 fully saturated rings. The zero-order valence-electron chi connectivity index (χ0n) is 25.2. The quantitative estimate of drug-likeness (QED) is 0.121. The molecule has 4 aromatic carbocycles. The van der Waals surface area contributed by atoms with Crippen LogP contribution in [-0.2, 0) is 0 Å². The first-order chi connectivity index (χ1) is 23.9. The van der Waals surface area contributed by atoms with Crippen LogP contribution in [-0.4, -0.2) is 34.0 Å². The lowest BCUT2D eigenvalue weighted by atomic mass is 10.0. The Morgan fingerprint density at radius 3 is 1.42 bits per heavy atom. The Labute approximate surface area is 308 Å². The third-order valence-corrected chi connectivity index (χ3v) is 9.82. The van der Waals surface area contributed by atoms with E-state index in [1.807, 2.05) is 24.3 Å². The van der Waals surface area contributed by atoms with Gasteiger partial charge in [0.05, 0.1) is 0 Å². The van der Waals surface area contributed by atoms with Gasteiger partial charge in [0.15, 0.2) is 0 Å². The van der Waals surface area contributed by atoms with E-state index in [0.717, 1.165) is 48.8 Å². The van der Waals surface area contributed by atoms with E-state index in [1.54, 1.807) is 35.0 Å². The maximum absolute atomic E-state index is 13.3. The Bertz CT molecular complexity index is 2200. The molecule has 0 spiro atoms. The Kier molecular flexibility index (Phi) is 11.7. The molecule has 2 heterocycles. The highest BCUT2D eigenvalue weighted by Crippen LogP contribution is 2.37. The molecule has 0 saturated carbocycles. The Balaban J connectivity index is 0.000000194. The number of amides is 2. The number of aromatic carboxylic acids is 2. The minimum absolute atomic E-state index is 0.0112. The fourth-order valence-corrected chi connectivity index (χ4v) is 7.03. The van der Waals surface area contributed by atoms with Crippen LogP contribution in [0.2, 0.25) is 0 Å². The molecular weight excluding hydrogens is 818 g/mol. The van der Waals surface area contributed by atoms with Gasteiger partial charge in [0.1, 0.15) is 32.8 Å². The Hall–Kier alpha value is -5.02. The smallest absolute Gasteiger partial charge is 0.339 e. The van der Waals surface area contributed by atoms with Crippen molar-refractivity contribution in [1.82, 2.24) is 0 Å². The van der Waals surface area contributed by atoms with Crippen molar-refractivity contribution in [2.45, 2.75) is 0 Å². The molecule has 14 heteroatoms. The molecule has 6 aromatic rings. The summed E-state index contributed by atoms with van der Waals surface area (Å²) < 4.78 is 28.0. The molecule has 50 heavy (non-hydrogen) atoms. The van der Waals surface area contributed by atoms with Crippen LogP contribution in [0.15, 0.2) is 117 Å². The summed E-state index contributed by atoms with van der Waals surface area (Å²) in [7, 11) is 0. The molecule has 4 N–H and O–H groups in total. The number of carboxylic acid groups (broad SMARTS) is 2. The van der Waals surface area contributed by atoms with Crippen LogP contribution < -0.4 is 10.6 Å². The number of thiophene rings is 2. The number of hydrogen-bond donors (Lipinski definition) is 4. The number of benzene rings is 4. The topological polar surface area (TPSA) is 133 Å². The van der Waals surface area contributed by atoms with E-state index in [-0.39, 0.29) is 32.3 Å².